The maximum absolute atomic E-state index is 12.7. The summed E-state index contributed by atoms with van der Waals surface area (Å²) in [5.41, 5.74) is 2.17. The van der Waals surface area contributed by atoms with E-state index in [0.717, 1.165) is 23.4 Å². The normalized spacial score (nSPS) is 14.3. The van der Waals surface area contributed by atoms with E-state index < -0.39 is 11.7 Å². The Morgan fingerprint density at radius 2 is 2.00 bits per heavy atom. The molecular weight excluding hydrogens is 365 g/mol. The molecule has 0 spiro atoms. The summed E-state index contributed by atoms with van der Waals surface area (Å²) in [6.45, 7) is 1.04. The highest BCUT2D eigenvalue weighted by Crippen LogP contribution is 2.32. The Kier molecular flexibility index (Phi) is 4.03. The largest absolute Gasteiger partial charge is 0.416 e. The Balaban J connectivity index is 1.52. The number of rotatable bonds is 2. The molecule has 0 bridgehead atoms. The molecule has 0 unspecified atom stereocenters. The fourth-order valence-corrected chi connectivity index (χ4v) is 3.66. The molecular formula is C17H13F3N4OS. The first-order chi connectivity index (χ1) is 12.4. The number of nitrogens with one attached hydrogen (secondary N) is 1. The molecule has 1 amide bonds. The van der Waals surface area contributed by atoms with E-state index in [2.05, 4.69) is 15.2 Å². The van der Waals surface area contributed by atoms with Crippen LogP contribution in [0.1, 0.15) is 27.3 Å². The molecule has 0 aliphatic carbocycles. The van der Waals surface area contributed by atoms with E-state index in [9.17, 15) is 18.0 Å². The lowest BCUT2D eigenvalue weighted by molar-refractivity contribution is -0.137. The number of carbonyl (C=O) groups excluding carboxylic acids is 1. The van der Waals surface area contributed by atoms with E-state index in [1.807, 2.05) is 0 Å². The van der Waals surface area contributed by atoms with Crippen LogP contribution in [0, 0.1) is 0 Å². The number of benzene rings is 1. The third-order valence-electron chi connectivity index (χ3n) is 4.27. The zero-order chi connectivity index (χ0) is 18.3. The van der Waals surface area contributed by atoms with Crippen molar-refractivity contribution in [2.24, 2.45) is 0 Å². The number of thiazole rings is 1. The first-order valence-corrected chi connectivity index (χ1v) is 8.73. The third kappa shape index (κ3) is 3.10. The molecule has 0 radical (unpaired) electrons. The van der Waals surface area contributed by atoms with Gasteiger partial charge >= 0.3 is 6.18 Å². The molecule has 3 aromatic rings. The van der Waals surface area contributed by atoms with Crippen LogP contribution in [-0.4, -0.2) is 32.5 Å². The van der Waals surface area contributed by atoms with Crippen molar-refractivity contribution in [2.75, 3.05) is 6.54 Å². The van der Waals surface area contributed by atoms with Gasteiger partial charge in [0.05, 0.1) is 11.8 Å². The van der Waals surface area contributed by atoms with Crippen LogP contribution < -0.4 is 0 Å². The predicted octanol–water partition coefficient (Wildman–Crippen LogP) is 3.75. The van der Waals surface area contributed by atoms with Gasteiger partial charge in [0.15, 0.2) is 0 Å². The van der Waals surface area contributed by atoms with Crippen LogP contribution in [0.4, 0.5) is 13.2 Å². The molecule has 4 rings (SSSR count). The van der Waals surface area contributed by atoms with Crippen molar-refractivity contribution >= 4 is 17.2 Å². The van der Waals surface area contributed by atoms with Crippen LogP contribution in [-0.2, 0) is 19.1 Å². The van der Waals surface area contributed by atoms with E-state index in [-0.39, 0.29) is 5.91 Å². The van der Waals surface area contributed by atoms with Crippen molar-refractivity contribution < 1.29 is 18.0 Å². The number of aromatic nitrogens is 3. The lowest BCUT2D eigenvalue weighted by atomic mass is 10.1. The molecule has 0 saturated heterocycles. The second kappa shape index (κ2) is 6.24. The number of H-pyrrole nitrogens is 1. The van der Waals surface area contributed by atoms with Gasteiger partial charge in [0, 0.05) is 41.7 Å². The first kappa shape index (κ1) is 16.8. The van der Waals surface area contributed by atoms with Gasteiger partial charge in [-0.15, -0.1) is 11.3 Å². The number of alkyl halides is 3. The summed E-state index contributed by atoms with van der Waals surface area (Å²) in [6, 6.07) is 4.77. The maximum atomic E-state index is 12.7. The third-order valence-corrected chi connectivity index (χ3v) is 5.16. The maximum Gasteiger partial charge on any atom is 0.416 e. The van der Waals surface area contributed by atoms with Gasteiger partial charge in [-0.2, -0.15) is 18.3 Å². The molecule has 1 aromatic carbocycles. The summed E-state index contributed by atoms with van der Waals surface area (Å²) < 4.78 is 38.0. The minimum Gasteiger partial charge on any atom is -0.332 e. The molecule has 9 heteroatoms. The van der Waals surface area contributed by atoms with Crippen molar-refractivity contribution in [3.63, 3.8) is 0 Å². The van der Waals surface area contributed by atoms with Crippen molar-refractivity contribution in [1.82, 2.24) is 20.1 Å². The second-order valence-electron chi connectivity index (χ2n) is 5.96. The molecule has 134 valence electrons. The Hall–Kier alpha value is -2.68. The Bertz CT molecular complexity index is 946. The summed E-state index contributed by atoms with van der Waals surface area (Å²) in [5, 5.41) is 9.05. The van der Waals surface area contributed by atoms with E-state index in [4.69, 9.17) is 0 Å². The van der Waals surface area contributed by atoms with Gasteiger partial charge in [0.25, 0.3) is 5.91 Å². The number of hydrogen-bond acceptors (Lipinski definition) is 4. The number of hydrogen-bond donors (Lipinski definition) is 1. The van der Waals surface area contributed by atoms with Crippen LogP contribution in [0.5, 0.6) is 0 Å². The fraction of sp³-hybridized carbons (Fsp3) is 0.235. The van der Waals surface area contributed by atoms with Gasteiger partial charge in [0.1, 0.15) is 10.7 Å². The van der Waals surface area contributed by atoms with Crippen LogP contribution in [0.25, 0.3) is 10.6 Å². The summed E-state index contributed by atoms with van der Waals surface area (Å²) in [7, 11) is 0. The van der Waals surface area contributed by atoms with Crippen LogP contribution in [0.15, 0.2) is 35.8 Å². The Labute approximate surface area is 150 Å². The van der Waals surface area contributed by atoms with Crippen LogP contribution >= 0.6 is 11.3 Å². The van der Waals surface area contributed by atoms with Crippen molar-refractivity contribution in [3.05, 3.63) is 58.4 Å². The quantitative estimate of drug-likeness (QED) is 0.739. The highest BCUT2D eigenvalue weighted by Gasteiger charge is 2.30. The smallest absolute Gasteiger partial charge is 0.332 e. The number of amides is 1. The number of fused-ring (bicyclic) bond motifs is 1. The minimum atomic E-state index is -4.37. The lowest BCUT2D eigenvalue weighted by Crippen LogP contribution is -2.35. The molecule has 26 heavy (non-hydrogen) atoms. The standard InChI is InChI=1S/C17H13F3N4OS/c18-17(19,20)12-3-1-10(2-4-12)15-22-14(9-26-15)16(25)24-6-5-13-11(8-24)7-21-23-13/h1-4,7,9H,5-6,8H2,(H,21,23). The molecule has 1 N–H and O–H groups in total. The van der Waals surface area contributed by atoms with E-state index >= 15 is 0 Å². The summed E-state index contributed by atoms with van der Waals surface area (Å²) in [4.78, 5) is 18.7. The molecule has 1 aliphatic heterocycles. The summed E-state index contributed by atoms with van der Waals surface area (Å²) >= 11 is 1.24. The highest BCUT2D eigenvalue weighted by atomic mass is 32.1. The van der Waals surface area contributed by atoms with Gasteiger partial charge in [0.2, 0.25) is 0 Å². The van der Waals surface area contributed by atoms with Gasteiger partial charge in [-0.1, -0.05) is 12.1 Å². The zero-order valence-electron chi connectivity index (χ0n) is 13.4. The van der Waals surface area contributed by atoms with Gasteiger partial charge < -0.3 is 4.90 Å². The summed E-state index contributed by atoms with van der Waals surface area (Å²) in [6.07, 6.45) is -1.96. The molecule has 1 aliphatic rings. The van der Waals surface area contributed by atoms with Crippen molar-refractivity contribution in [1.29, 1.82) is 0 Å². The van der Waals surface area contributed by atoms with Gasteiger partial charge in [-0.25, -0.2) is 4.98 Å². The lowest BCUT2D eigenvalue weighted by Gasteiger charge is -2.25. The van der Waals surface area contributed by atoms with Crippen molar-refractivity contribution in [2.45, 2.75) is 19.1 Å². The molecule has 5 nitrogen and oxygen atoms in total. The molecule has 0 atom stereocenters. The molecule has 3 heterocycles. The van der Waals surface area contributed by atoms with Crippen molar-refractivity contribution in [3.8, 4) is 10.6 Å². The van der Waals surface area contributed by atoms with Crippen LogP contribution in [0.2, 0.25) is 0 Å². The highest BCUT2D eigenvalue weighted by molar-refractivity contribution is 7.13. The molecule has 2 aromatic heterocycles. The first-order valence-electron chi connectivity index (χ1n) is 7.85. The average Bonchev–Trinajstić information content (AvgIpc) is 3.29. The fourth-order valence-electron chi connectivity index (χ4n) is 2.86. The monoisotopic (exact) mass is 378 g/mol. The van der Waals surface area contributed by atoms with E-state index in [0.29, 0.717) is 35.8 Å². The number of aromatic amines is 1. The number of halogens is 3. The Morgan fingerprint density at radius 3 is 2.73 bits per heavy atom. The Morgan fingerprint density at radius 1 is 1.23 bits per heavy atom. The number of carbonyl (C=O) groups is 1. The zero-order valence-corrected chi connectivity index (χ0v) is 14.2. The minimum absolute atomic E-state index is 0.189. The molecule has 0 fully saturated rings. The SMILES string of the molecule is O=C(c1csc(-c2ccc(C(F)(F)F)cc2)n1)N1CCc2[nH]ncc2C1. The summed E-state index contributed by atoms with van der Waals surface area (Å²) in [5.74, 6) is -0.189. The second-order valence-corrected chi connectivity index (χ2v) is 6.82. The average molecular weight is 378 g/mol. The molecule has 0 saturated carbocycles. The number of nitrogens with zero attached hydrogens (tertiary/aromatic N) is 3. The predicted molar refractivity (Wildman–Crippen MR) is 89.6 cm³/mol. The van der Waals surface area contributed by atoms with E-state index in [1.165, 1.54) is 23.5 Å². The van der Waals surface area contributed by atoms with E-state index in [1.54, 1.807) is 16.5 Å². The topological polar surface area (TPSA) is 61.9 Å². The van der Waals surface area contributed by atoms with Gasteiger partial charge in [-0.3, -0.25) is 9.89 Å². The van der Waals surface area contributed by atoms with Gasteiger partial charge in [-0.05, 0) is 12.1 Å². The van der Waals surface area contributed by atoms with Crippen LogP contribution in [0.3, 0.4) is 0 Å².